The molecule has 2 N–H and O–H groups in total. The Morgan fingerprint density at radius 2 is 0.620 bits per heavy atom. The molecule has 1 saturated carbocycles. The van der Waals surface area contributed by atoms with Crippen LogP contribution in [0.3, 0.4) is 0 Å². The molecule has 2 aliphatic heterocycles. The van der Waals surface area contributed by atoms with E-state index in [1.165, 1.54) is 141 Å². The van der Waals surface area contributed by atoms with Crippen molar-refractivity contribution in [2.75, 3.05) is 13.1 Å². The minimum Gasteiger partial charge on any atom is -0.318 e. The quantitative estimate of drug-likeness (QED) is 0.0729. The van der Waals surface area contributed by atoms with Crippen molar-refractivity contribution in [1.29, 1.82) is 0 Å². The van der Waals surface area contributed by atoms with E-state index in [1.807, 2.05) is 13.8 Å². The van der Waals surface area contributed by atoms with E-state index in [4.69, 9.17) is 0 Å². The van der Waals surface area contributed by atoms with E-state index in [2.05, 4.69) is 24.5 Å². The van der Waals surface area contributed by atoms with Crippen molar-refractivity contribution >= 4 is 23.9 Å². The molecule has 2 heterocycles. The predicted molar refractivity (Wildman–Crippen MR) is 205 cm³/mol. The molecule has 50 heavy (non-hydrogen) atoms. The summed E-state index contributed by atoms with van der Waals surface area (Å²) in [5, 5.41) is 5.14. The number of nitrogens with one attached hydrogen (secondary N) is 2. The van der Waals surface area contributed by atoms with Crippen molar-refractivity contribution in [2.45, 2.75) is 220 Å². The van der Waals surface area contributed by atoms with Gasteiger partial charge in [-0.3, -0.25) is 20.2 Å². The van der Waals surface area contributed by atoms with E-state index in [9.17, 15) is 19.2 Å². The van der Waals surface area contributed by atoms with Gasteiger partial charge < -0.3 is 9.80 Å². The van der Waals surface area contributed by atoms with Gasteiger partial charge in [-0.05, 0) is 26.7 Å². The molecule has 0 aromatic carbocycles. The third-order valence-corrected chi connectivity index (χ3v) is 12.6. The summed E-state index contributed by atoms with van der Waals surface area (Å²) in [5.41, 5.74) is -2.17. The number of urea groups is 2. The maximum Gasteiger partial charge on any atom is 0.324 e. The summed E-state index contributed by atoms with van der Waals surface area (Å²) in [5.74, 6) is -0.797. The molecule has 4 atom stereocenters. The highest BCUT2D eigenvalue weighted by Crippen LogP contribution is 2.63. The highest BCUT2D eigenvalue weighted by Gasteiger charge is 2.80. The Bertz CT molecular complexity index is 955. The summed E-state index contributed by atoms with van der Waals surface area (Å²) < 4.78 is 0. The third kappa shape index (κ3) is 11.2. The molecular weight excluding hydrogens is 624 g/mol. The molecule has 0 aromatic heterocycles. The van der Waals surface area contributed by atoms with E-state index >= 15 is 0 Å². The van der Waals surface area contributed by atoms with Gasteiger partial charge in [0, 0.05) is 13.1 Å². The Morgan fingerprint density at radius 3 is 0.860 bits per heavy atom. The number of nitrogens with zero attached hydrogens (tertiary/aromatic N) is 2. The topological polar surface area (TPSA) is 98.8 Å². The number of amides is 6. The average Bonchev–Trinajstić information content (AvgIpc) is 3.09. The van der Waals surface area contributed by atoms with Crippen LogP contribution in [0.2, 0.25) is 0 Å². The van der Waals surface area contributed by atoms with Crippen LogP contribution >= 0.6 is 0 Å². The van der Waals surface area contributed by atoms with Crippen LogP contribution in [0.15, 0.2) is 0 Å². The molecule has 0 radical (unpaired) electrons. The second-order valence-electron chi connectivity index (χ2n) is 16.4. The standard InChI is InChI=1S/C42H76N4O4/c1-5-7-9-11-13-15-17-19-21-23-25-27-29-31-33-45-35-36-42(4,41(35,3)37(47)43-39(45)49)38(48)44-40(50)46(36)34-32-30-28-26-24-22-20-18-16-14-12-10-8-6-2/h35-36H,5-34H2,1-4H3,(H,43,47,49)(H,44,48,50). The lowest BCUT2D eigenvalue weighted by Gasteiger charge is -2.71. The van der Waals surface area contributed by atoms with E-state index < -0.39 is 34.7 Å². The first-order valence-corrected chi connectivity index (χ1v) is 21.5. The first-order chi connectivity index (χ1) is 24.2. The predicted octanol–water partition coefficient (Wildman–Crippen LogP) is 10.8. The minimum absolute atomic E-state index is 0.385. The van der Waals surface area contributed by atoms with Crippen molar-refractivity contribution in [3.05, 3.63) is 0 Å². The molecule has 0 aromatic rings. The number of hydrogen-bond donors (Lipinski definition) is 2. The molecule has 3 aliphatic rings. The summed E-state index contributed by atoms with van der Waals surface area (Å²) in [6, 6.07) is -1.75. The number of unbranched alkanes of at least 4 members (excludes halogenated alkanes) is 26. The third-order valence-electron chi connectivity index (χ3n) is 12.6. The highest BCUT2D eigenvalue weighted by atomic mass is 16.2. The second-order valence-corrected chi connectivity index (χ2v) is 16.4. The fourth-order valence-corrected chi connectivity index (χ4v) is 9.14. The number of fused-ring (bicyclic) bond motifs is 4. The van der Waals surface area contributed by atoms with Gasteiger partial charge >= 0.3 is 12.1 Å². The van der Waals surface area contributed by atoms with Crippen molar-refractivity contribution < 1.29 is 19.2 Å². The number of rotatable bonds is 30. The van der Waals surface area contributed by atoms with Crippen LogP contribution in [-0.2, 0) is 9.59 Å². The summed E-state index contributed by atoms with van der Waals surface area (Å²) in [6.07, 6.45) is 35.4. The van der Waals surface area contributed by atoms with Crippen molar-refractivity contribution in [1.82, 2.24) is 20.4 Å². The van der Waals surface area contributed by atoms with Crippen LogP contribution < -0.4 is 10.6 Å². The molecule has 8 heteroatoms. The smallest absolute Gasteiger partial charge is 0.318 e. The molecule has 3 rings (SSSR count). The summed E-state index contributed by atoms with van der Waals surface area (Å²) in [7, 11) is 0. The fourth-order valence-electron chi connectivity index (χ4n) is 9.14. The van der Waals surface area contributed by atoms with E-state index in [1.54, 1.807) is 9.80 Å². The highest BCUT2D eigenvalue weighted by molar-refractivity contribution is 6.10. The summed E-state index contributed by atoms with van der Waals surface area (Å²) in [6.45, 7) is 9.23. The van der Waals surface area contributed by atoms with Crippen LogP contribution in [0.4, 0.5) is 9.59 Å². The Labute approximate surface area is 306 Å². The van der Waals surface area contributed by atoms with E-state index in [-0.39, 0.29) is 12.1 Å². The fraction of sp³-hybridized carbons (Fsp3) is 0.905. The first kappa shape index (κ1) is 42.3. The lowest BCUT2D eigenvalue weighted by molar-refractivity contribution is -0.213. The van der Waals surface area contributed by atoms with E-state index in [0.717, 1.165) is 38.5 Å². The zero-order valence-electron chi connectivity index (χ0n) is 32.9. The summed E-state index contributed by atoms with van der Waals surface area (Å²) >= 11 is 0. The van der Waals surface area contributed by atoms with Crippen LogP contribution in [0, 0.1) is 10.8 Å². The van der Waals surface area contributed by atoms with Gasteiger partial charge in [-0.15, -0.1) is 0 Å². The average molecular weight is 701 g/mol. The lowest BCUT2D eigenvalue weighted by atomic mass is 9.42. The van der Waals surface area contributed by atoms with Crippen LogP contribution in [0.1, 0.15) is 207 Å². The first-order valence-electron chi connectivity index (χ1n) is 21.5. The zero-order chi connectivity index (χ0) is 36.2. The Kier molecular flexibility index (Phi) is 19.2. The maximum atomic E-state index is 13.4. The molecule has 3 fully saturated rings. The van der Waals surface area contributed by atoms with Crippen LogP contribution in [0.25, 0.3) is 0 Å². The molecule has 6 amide bonds. The number of hydrogen-bond acceptors (Lipinski definition) is 4. The molecular formula is C42H76N4O4. The number of carbonyl (C=O) groups excluding carboxylic acids is 4. The monoisotopic (exact) mass is 701 g/mol. The van der Waals surface area contributed by atoms with Crippen molar-refractivity contribution in [2.24, 2.45) is 10.8 Å². The van der Waals surface area contributed by atoms with Gasteiger partial charge in [-0.1, -0.05) is 181 Å². The van der Waals surface area contributed by atoms with Crippen molar-refractivity contribution in [3.63, 3.8) is 0 Å². The van der Waals surface area contributed by atoms with E-state index in [0.29, 0.717) is 13.1 Å². The van der Waals surface area contributed by atoms with Gasteiger partial charge in [0.25, 0.3) is 0 Å². The molecule has 4 unspecified atom stereocenters. The summed E-state index contributed by atoms with van der Waals surface area (Å²) in [4.78, 5) is 56.8. The van der Waals surface area contributed by atoms with Gasteiger partial charge in [0.1, 0.15) is 0 Å². The Morgan fingerprint density at radius 1 is 0.400 bits per heavy atom. The van der Waals surface area contributed by atoms with Crippen LogP contribution in [-0.4, -0.2) is 58.8 Å². The molecule has 288 valence electrons. The van der Waals surface area contributed by atoms with Crippen molar-refractivity contribution in [3.8, 4) is 0 Å². The lowest BCUT2D eigenvalue weighted by Crippen LogP contribution is -2.91. The number of carbonyl (C=O) groups is 4. The molecule has 1 aliphatic carbocycles. The second kappa shape index (κ2) is 22.7. The Hall–Kier alpha value is -2.12. The normalized spacial score (nSPS) is 24.6. The Balaban J connectivity index is 1.39. The van der Waals surface area contributed by atoms with Gasteiger partial charge in [0.05, 0.1) is 22.9 Å². The van der Waals surface area contributed by atoms with Gasteiger partial charge in [-0.25, -0.2) is 9.59 Å². The minimum atomic E-state index is -1.08. The molecule has 0 bridgehead atoms. The zero-order valence-corrected chi connectivity index (χ0v) is 32.9. The van der Waals surface area contributed by atoms with Gasteiger partial charge in [0.15, 0.2) is 0 Å². The molecule has 2 saturated heterocycles. The number of imide groups is 2. The van der Waals surface area contributed by atoms with Gasteiger partial charge in [-0.2, -0.15) is 0 Å². The van der Waals surface area contributed by atoms with Gasteiger partial charge in [0.2, 0.25) is 11.8 Å². The molecule has 8 nitrogen and oxygen atoms in total. The van der Waals surface area contributed by atoms with Crippen LogP contribution in [0.5, 0.6) is 0 Å². The maximum absolute atomic E-state index is 13.4. The SMILES string of the molecule is CCCCCCCCCCCCCCCCN1C(=O)NC(=O)C2(C)C1C1N(CCCCCCCCCCCCCCCC)C(=O)NC(=O)C12C. The largest absolute Gasteiger partial charge is 0.324 e. The molecule has 0 spiro atoms.